The summed E-state index contributed by atoms with van der Waals surface area (Å²) in [5.74, 6) is 0.973. The number of carbonyl (C=O) groups is 1. The number of para-hydroxylation sites is 1. The van der Waals surface area contributed by atoms with Gasteiger partial charge in [-0.05, 0) is 42.2 Å². The summed E-state index contributed by atoms with van der Waals surface area (Å²) in [6, 6.07) is 11.6. The maximum Gasteiger partial charge on any atom is 0.257 e. The lowest BCUT2D eigenvalue weighted by atomic mass is 9.98. The van der Waals surface area contributed by atoms with Gasteiger partial charge in [0.1, 0.15) is 5.76 Å². The standard InChI is InChI=1S/C21H23N3O2/c1-14(2)19-8-4-6-15(3)20(19)24-21(25)16-10-17(12-22-11-16)23-13-18-7-5-9-26-18/h4-12,14,23H,13H2,1-3H3,(H,24,25). The maximum absolute atomic E-state index is 12.7. The lowest BCUT2D eigenvalue weighted by Gasteiger charge is -2.16. The average Bonchev–Trinajstić information content (AvgIpc) is 3.15. The van der Waals surface area contributed by atoms with Crippen LogP contribution in [0.25, 0.3) is 0 Å². The van der Waals surface area contributed by atoms with Crippen molar-refractivity contribution >= 4 is 17.3 Å². The molecule has 0 saturated carbocycles. The minimum Gasteiger partial charge on any atom is -0.467 e. The van der Waals surface area contributed by atoms with E-state index in [1.165, 1.54) is 0 Å². The fourth-order valence-electron chi connectivity index (χ4n) is 2.79. The van der Waals surface area contributed by atoms with Crippen LogP contribution in [0.5, 0.6) is 0 Å². The first kappa shape index (κ1) is 17.7. The largest absolute Gasteiger partial charge is 0.467 e. The van der Waals surface area contributed by atoms with Crippen molar-refractivity contribution in [1.29, 1.82) is 0 Å². The molecule has 0 aliphatic rings. The van der Waals surface area contributed by atoms with E-state index >= 15 is 0 Å². The van der Waals surface area contributed by atoms with Gasteiger partial charge in [0.15, 0.2) is 0 Å². The van der Waals surface area contributed by atoms with E-state index in [2.05, 4.69) is 29.5 Å². The molecule has 0 bridgehead atoms. The SMILES string of the molecule is Cc1cccc(C(C)C)c1NC(=O)c1cncc(NCc2ccco2)c1. The second kappa shape index (κ2) is 7.87. The molecule has 0 saturated heterocycles. The van der Waals surface area contributed by atoms with E-state index in [-0.39, 0.29) is 5.91 Å². The van der Waals surface area contributed by atoms with Crippen molar-refractivity contribution in [1.82, 2.24) is 4.98 Å². The minimum atomic E-state index is -0.171. The number of furan rings is 1. The molecule has 0 radical (unpaired) electrons. The summed E-state index contributed by atoms with van der Waals surface area (Å²) in [4.78, 5) is 16.9. The molecule has 1 amide bonds. The van der Waals surface area contributed by atoms with Crippen LogP contribution in [0.1, 0.15) is 47.0 Å². The molecule has 0 atom stereocenters. The first-order valence-electron chi connectivity index (χ1n) is 8.66. The number of pyridine rings is 1. The molecule has 3 aromatic rings. The number of benzene rings is 1. The molecule has 0 aliphatic heterocycles. The highest BCUT2D eigenvalue weighted by Gasteiger charge is 2.14. The van der Waals surface area contributed by atoms with Crippen molar-refractivity contribution in [2.45, 2.75) is 33.2 Å². The Hall–Kier alpha value is -3.08. The molecule has 5 heteroatoms. The Bertz CT molecular complexity index is 886. The van der Waals surface area contributed by atoms with Crippen LogP contribution in [-0.2, 0) is 6.54 Å². The molecule has 0 fully saturated rings. The van der Waals surface area contributed by atoms with Gasteiger partial charge >= 0.3 is 0 Å². The summed E-state index contributed by atoms with van der Waals surface area (Å²) < 4.78 is 5.30. The second-order valence-electron chi connectivity index (χ2n) is 6.54. The van der Waals surface area contributed by atoms with E-state index in [0.717, 1.165) is 28.3 Å². The fraction of sp³-hybridized carbons (Fsp3) is 0.238. The van der Waals surface area contributed by atoms with Crippen molar-refractivity contribution < 1.29 is 9.21 Å². The predicted octanol–water partition coefficient (Wildman–Crippen LogP) is 4.97. The quantitative estimate of drug-likeness (QED) is 0.659. The Morgan fingerprint density at radius 1 is 1.19 bits per heavy atom. The van der Waals surface area contributed by atoms with Gasteiger partial charge in [-0.15, -0.1) is 0 Å². The fourth-order valence-corrected chi connectivity index (χ4v) is 2.79. The number of carbonyl (C=O) groups excluding carboxylic acids is 1. The molecule has 1 aromatic carbocycles. The smallest absolute Gasteiger partial charge is 0.257 e. The maximum atomic E-state index is 12.7. The van der Waals surface area contributed by atoms with Gasteiger partial charge in [0.25, 0.3) is 5.91 Å². The summed E-state index contributed by atoms with van der Waals surface area (Å²) in [5.41, 5.74) is 4.32. The monoisotopic (exact) mass is 349 g/mol. The average molecular weight is 349 g/mol. The number of nitrogens with one attached hydrogen (secondary N) is 2. The first-order valence-corrected chi connectivity index (χ1v) is 8.66. The highest BCUT2D eigenvalue weighted by molar-refractivity contribution is 6.05. The molecule has 134 valence electrons. The molecule has 0 unspecified atom stereocenters. The van der Waals surface area contributed by atoms with E-state index in [1.54, 1.807) is 24.7 Å². The number of anilines is 2. The highest BCUT2D eigenvalue weighted by Crippen LogP contribution is 2.28. The van der Waals surface area contributed by atoms with Crippen LogP contribution in [0, 0.1) is 6.92 Å². The molecule has 5 nitrogen and oxygen atoms in total. The zero-order valence-electron chi connectivity index (χ0n) is 15.2. The molecule has 2 aromatic heterocycles. The summed E-state index contributed by atoms with van der Waals surface area (Å²) in [5, 5.41) is 6.26. The van der Waals surface area contributed by atoms with Crippen LogP contribution in [-0.4, -0.2) is 10.9 Å². The molecule has 0 spiro atoms. The van der Waals surface area contributed by atoms with Crippen LogP contribution in [0.15, 0.2) is 59.5 Å². The Morgan fingerprint density at radius 2 is 2.04 bits per heavy atom. The predicted molar refractivity (Wildman–Crippen MR) is 103 cm³/mol. The van der Waals surface area contributed by atoms with Crippen LogP contribution < -0.4 is 10.6 Å². The van der Waals surface area contributed by atoms with Gasteiger partial charge in [0, 0.05) is 18.1 Å². The molecule has 2 heterocycles. The van der Waals surface area contributed by atoms with E-state index < -0.39 is 0 Å². The number of aryl methyl sites for hydroxylation is 1. The third-order valence-electron chi connectivity index (χ3n) is 4.21. The first-order chi connectivity index (χ1) is 12.5. The van der Waals surface area contributed by atoms with Gasteiger partial charge in [-0.1, -0.05) is 32.0 Å². The Morgan fingerprint density at radius 3 is 2.77 bits per heavy atom. The van der Waals surface area contributed by atoms with Crippen molar-refractivity contribution in [2.75, 3.05) is 10.6 Å². The molecular formula is C21H23N3O2. The van der Waals surface area contributed by atoms with Crippen LogP contribution in [0.2, 0.25) is 0 Å². The van der Waals surface area contributed by atoms with Crippen molar-refractivity contribution in [3.8, 4) is 0 Å². The number of aromatic nitrogens is 1. The number of amides is 1. The van der Waals surface area contributed by atoms with Crippen molar-refractivity contribution in [2.24, 2.45) is 0 Å². The molecule has 26 heavy (non-hydrogen) atoms. The zero-order valence-corrected chi connectivity index (χ0v) is 15.2. The van der Waals surface area contributed by atoms with Gasteiger partial charge in [0.05, 0.1) is 24.1 Å². The van der Waals surface area contributed by atoms with Crippen LogP contribution in [0.4, 0.5) is 11.4 Å². The van der Waals surface area contributed by atoms with Gasteiger partial charge in [-0.2, -0.15) is 0 Å². The van der Waals surface area contributed by atoms with E-state index in [4.69, 9.17) is 4.42 Å². The lowest BCUT2D eigenvalue weighted by molar-refractivity contribution is 0.102. The van der Waals surface area contributed by atoms with E-state index in [0.29, 0.717) is 18.0 Å². The van der Waals surface area contributed by atoms with Crippen molar-refractivity contribution in [3.63, 3.8) is 0 Å². The number of rotatable bonds is 6. The van der Waals surface area contributed by atoms with Crippen molar-refractivity contribution in [3.05, 3.63) is 77.5 Å². The Balaban J connectivity index is 1.75. The Labute approximate surface area is 153 Å². The highest BCUT2D eigenvalue weighted by atomic mass is 16.3. The Kier molecular flexibility index (Phi) is 5.37. The number of nitrogens with zero attached hydrogens (tertiary/aromatic N) is 1. The summed E-state index contributed by atoms with van der Waals surface area (Å²) >= 11 is 0. The summed E-state index contributed by atoms with van der Waals surface area (Å²) in [6.45, 7) is 6.77. The van der Waals surface area contributed by atoms with E-state index in [1.807, 2.05) is 37.3 Å². The molecule has 0 aliphatic carbocycles. The normalized spacial score (nSPS) is 10.8. The third kappa shape index (κ3) is 4.11. The van der Waals surface area contributed by atoms with Crippen LogP contribution >= 0.6 is 0 Å². The van der Waals surface area contributed by atoms with E-state index in [9.17, 15) is 4.79 Å². The molecular weight excluding hydrogens is 326 g/mol. The zero-order chi connectivity index (χ0) is 18.5. The minimum absolute atomic E-state index is 0.171. The topological polar surface area (TPSA) is 67.2 Å². The second-order valence-corrected chi connectivity index (χ2v) is 6.54. The van der Waals surface area contributed by atoms with Gasteiger partial charge in [-0.25, -0.2) is 0 Å². The number of hydrogen-bond donors (Lipinski definition) is 2. The number of hydrogen-bond acceptors (Lipinski definition) is 4. The van der Waals surface area contributed by atoms with Gasteiger partial charge in [0.2, 0.25) is 0 Å². The third-order valence-corrected chi connectivity index (χ3v) is 4.21. The lowest BCUT2D eigenvalue weighted by Crippen LogP contribution is -2.15. The van der Waals surface area contributed by atoms with Gasteiger partial charge in [-0.3, -0.25) is 9.78 Å². The van der Waals surface area contributed by atoms with Crippen LogP contribution in [0.3, 0.4) is 0 Å². The molecule has 3 rings (SSSR count). The summed E-state index contributed by atoms with van der Waals surface area (Å²) in [6.07, 6.45) is 4.89. The van der Waals surface area contributed by atoms with Gasteiger partial charge < -0.3 is 15.1 Å². The molecule has 2 N–H and O–H groups in total. The summed E-state index contributed by atoms with van der Waals surface area (Å²) in [7, 11) is 0.